The van der Waals surface area contributed by atoms with E-state index < -0.39 is 23.7 Å². The van der Waals surface area contributed by atoms with Crippen molar-refractivity contribution in [3.8, 4) is 0 Å². The van der Waals surface area contributed by atoms with E-state index in [1.165, 1.54) is 18.4 Å². The maximum absolute atomic E-state index is 12.5. The molecule has 6 heteroatoms. The van der Waals surface area contributed by atoms with Crippen molar-refractivity contribution in [3.63, 3.8) is 0 Å². The standard InChI is InChI=1S/C16H25NO5/c1-16(2,3)22-15(19)17-7-10-5-9-6-11(9)8-21-13(10)12(17)14(18)20-4/h9-13H,5-8H2,1-4H3/t9-,10-,11?,12-,13+/m0/s1. The lowest BCUT2D eigenvalue weighted by Gasteiger charge is -2.28. The molecule has 2 saturated heterocycles. The molecular weight excluding hydrogens is 286 g/mol. The molecule has 5 atom stereocenters. The number of carbonyl (C=O) groups is 2. The number of likely N-dealkylation sites (tertiary alicyclic amines) is 1. The fourth-order valence-electron chi connectivity index (χ4n) is 3.66. The van der Waals surface area contributed by atoms with E-state index in [4.69, 9.17) is 14.2 Å². The zero-order chi connectivity index (χ0) is 16.1. The molecule has 0 N–H and O–H groups in total. The molecule has 124 valence electrons. The molecule has 0 aromatic heterocycles. The van der Waals surface area contributed by atoms with Crippen LogP contribution < -0.4 is 0 Å². The van der Waals surface area contributed by atoms with Crippen LogP contribution in [0.25, 0.3) is 0 Å². The van der Waals surface area contributed by atoms with Crippen LogP contribution in [0.1, 0.15) is 33.6 Å². The van der Waals surface area contributed by atoms with Gasteiger partial charge in [0.1, 0.15) is 5.60 Å². The topological polar surface area (TPSA) is 65.1 Å². The molecule has 0 radical (unpaired) electrons. The summed E-state index contributed by atoms with van der Waals surface area (Å²) in [6.07, 6.45) is 1.49. The van der Waals surface area contributed by atoms with Crippen molar-refractivity contribution < 1.29 is 23.8 Å². The predicted molar refractivity (Wildman–Crippen MR) is 78.2 cm³/mol. The molecule has 0 bridgehead atoms. The van der Waals surface area contributed by atoms with Gasteiger partial charge in [0.15, 0.2) is 6.04 Å². The summed E-state index contributed by atoms with van der Waals surface area (Å²) in [7, 11) is 1.34. The van der Waals surface area contributed by atoms with Crippen molar-refractivity contribution >= 4 is 12.1 Å². The number of fused-ring (bicyclic) bond motifs is 2. The lowest BCUT2D eigenvalue weighted by Crippen LogP contribution is -2.48. The molecule has 3 rings (SSSR count). The SMILES string of the molecule is COC(=O)[C@@H]1[C@@H]2OCC3C[C@@H]3C[C@H]2CN1C(=O)OC(C)(C)C. The highest BCUT2D eigenvalue weighted by Crippen LogP contribution is 2.49. The highest BCUT2D eigenvalue weighted by atomic mass is 16.6. The first-order chi connectivity index (χ1) is 10.3. The van der Waals surface area contributed by atoms with E-state index in [-0.39, 0.29) is 12.0 Å². The number of carbonyl (C=O) groups excluding carboxylic acids is 2. The number of amides is 1. The third-order valence-electron chi connectivity index (χ3n) is 4.79. The van der Waals surface area contributed by atoms with Crippen molar-refractivity contribution in [1.29, 1.82) is 0 Å². The Balaban J connectivity index is 1.79. The molecule has 6 nitrogen and oxygen atoms in total. The summed E-state index contributed by atoms with van der Waals surface area (Å²) in [6.45, 7) is 6.64. The molecule has 0 aromatic carbocycles. The summed E-state index contributed by atoms with van der Waals surface area (Å²) >= 11 is 0. The van der Waals surface area contributed by atoms with Gasteiger partial charge in [-0.25, -0.2) is 9.59 Å². The second kappa shape index (κ2) is 5.41. The largest absolute Gasteiger partial charge is 0.467 e. The maximum atomic E-state index is 12.5. The van der Waals surface area contributed by atoms with E-state index in [9.17, 15) is 9.59 Å². The van der Waals surface area contributed by atoms with Gasteiger partial charge in [0.25, 0.3) is 0 Å². The molecule has 1 saturated carbocycles. The van der Waals surface area contributed by atoms with Crippen LogP contribution in [0.2, 0.25) is 0 Å². The summed E-state index contributed by atoms with van der Waals surface area (Å²) in [5.74, 6) is 1.09. The number of rotatable bonds is 1. The van der Waals surface area contributed by atoms with Crippen LogP contribution in [-0.4, -0.2) is 55.0 Å². The molecule has 1 unspecified atom stereocenters. The van der Waals surface area contributed by atoms with Gasteiger partial charge in [-0.1, -0.05) is 0 Å². The third kappa shape index (κ3) is 2.93. The zero-order valence-electron chi connectivity index (χ0n) is 13.7. The van der Waals surface area contributed by atoms with E-state index in [0.29, 0.717) is 25.0 Å². The Kier molecular flexibility index (Phi) is 3.83. The average Bonchev–Trinajstić information content (AvgIpc) is 3.08. The fourth-order valence-corrected chi connectivity index (χ4v) is 3.66. The van der Waals surface area contributed by atoms with Crippen LogP contribution in [0.4, 0.5) is 4.79 Å². The molecule has 2 aliphatic heterocycles. The van der Waals surface area contributed by atoms with Crippen LogP contribution in [-0.2, 0) is 19.0 Å². The molecule has 1 aliphatic carbocycles. The van der Waals surface area contributed by atoms with Gasteiger partial charge in [-0.05, 0) is 45.4 Å². The van der Waals surface area contributed by atoms with Gasteiger partial charge < -0.3 is 14.2 Å². The molecule has 3 aliphatic rings. The monoisotopic (exact) mass is 311 g/mol. The van der Waals surface area contributed by atoms with E-state index in [1.807, 2.05) is 20.8 Å². The van der Waals surface area contributed by atoms with E-state index in [1.54, 1.807) is 0 Å². The van der Waals surface area contributed by atoms with Crippen molar-refractivity contribution in [3.05, 3.63) is 0 Å². The van der Waals surface area contributed by atoms with E-state index in [0.717, 1.165) is 6.42 Å². The Morgan fingerprint density at radius 3 is 2.45 bits per heavy atom. The van der Waals surface area contributed by atoms with Gasteiger partial charge >= 0.3 is 12.1 Å². The van der Waals surface area contributed by atoms with Crippen LogP contribution in [0.3, 0.4) is 0 Å². The predicted octanol–water partition coefficient (Wildman–Crippen LogP) is 1.82. The van der Waals surface area contributed by atoms with Gasteiger partial charge in [-0.2, -0.15) is 0 Å². The second-order valence-corrected chi connectivity index (χ2v) is 7.65. The fraction of sp³-hybridized carbons (Fsp3) is 0.875. The number of hydrogen-bond acceptors (Lipinski definition) is 5. The maximum Gasteiger partial charge on any atom is 0.411 e. The number of hydrogen-bond donors (Lipinski definition) is 0. The summed E-state index contributed by atoms with van der Waals surface area (Å²) in [6, 6.07) is -0.692. The second-order valence-electron chi connectivity index (χ2n) is 7.65. The Labute approximate surface area is 131 Å². The minimum Gasteiger partial charge on any atom is -0.467 e. The zero-order valence-corrected chi connectivity index (χ0v) is 13.7. The summed E-state index contributed by atoms with van der Waals surface area (Å²) in [5.41, 5.74) is -0.592. The molecule has 1 amide bonds. The highest BCUT2D eigenvalue weighted by molar-refractivity contribution is 5.83. The summed E-state index contributed by atoms with van der Waals surface area (Å²) in [4.78, 5) is 26.2. The molecular formula is C16H25NO5. The Hall–Kier alpha value is -1.30. The van der Waals surface area contributed by atoms with Gasteiger partial charge in [-0.15, -0.1) is 0 Å². The molecule has 22 heavy (non-hydrogen) atoms. The first-order valence-electron chi connectivity index (χ1n) is 7.99. The van der Waals surface area contributed by atoms with Crippen LogP contribution in [0.15, 0.2) is 0 Å². The average molecular weight is 311 g/mol. The normalized spacial score (nSPS) is 36.9. The molecule has 2 heterocycles. The summed E-state index contributed by atoms with van der Waals surface area (Å²) in [5, 5.41) is 0. The van der Waals surface area contributed by atoms with E-state index >= 15 is 0 Å². The number of esters is 1. The Morgan fingerprint density at radius 1 is 1.14 bits per heavy atom. The van der Waals surface area contributed by atoms with Crippen molar-refractivity contribution in [1.82, 2.24) is 4.90 Å². The highest BCUT2D eigenvalue weighted by Gasteiger charge is 2.55. The number of nitrogens with zero attached hydrogens (tertiary/aromatic N) is 1. The minimum absolute atomic E-state index is 0.189. The van der Waals surface area contributed by atoms with Crippen molar-refractivity contribution in [2.24, 2.45) is 17.8 Å². The van der Waals surface area contributed by atoms with Crippen molar-refractivity contribution in [2.75, 3.05) is 20.3 Å². The van der Waals surface area contributed by atoms with Crippen LogP contribution >= 0.6 is 0 Å². The molecule has 0 spiro atoms. The molecule has 3 fully saturated rings. The van der Waals surface area contributed by atoms with Gasteiger partial charge in [0.05, 0.1) is 19.8 Å². The molecule has 0 aromatic rings. The quantitative estimate of drug-likeness (QED) is 0.691. The lowest BCUT2D eigenvalue weighted by molar-refractivity contribution is -0.150. The Bertz CT molecular complexity index is 472. The third-order valence-corrected chi connectivity index (χ3v) is 4.79. The van der Waals surface area contributed by atoms with Crippen LogP contribution in [0, 0.1) is 17.8 Å². The van der Waals surface area contributed by atoms with Crippen LogP contribution in [0.5, 0.6) is 0 Å². The lowest BCUT2D eigenvalue weighted by atomic mass is 9.96. The van der Waals surface area contributed by atoms with E-state index in [2.05, 4.69) is 0 Å². The van der Waals surface area contributed by atoms with Gasteiger partial charge in [-0.3, -0.25) is 4.90 Å². The number of methoxy groups -OCH3 is 1. The smallest absolute Gasteiger partial charge is 0.411 e. The minimum atomic E-state index is -0.692. The van der Waals surface area contributed by atoms with Gasteiger partial charge in [0, 0.05) is 12.5 Å². The van der Waals surface area contributed by atoms with Crippen molar-refractivity contribution in [2.45, 2.75) is 51.4 Å². The number of ether oxygens (including phenoxy) is 3. The Morgan fingerprint density at radius 2 is 1.82 bits per heavy atom. The first-order valence-corrected chi connectivity index (χ1v) is 7.99. The first kappa shape index (κ1) is 15.6. The van der Waals surface area contributed by atoms with Gasteiger partial charge in [0.2, 0.25) is 0 Å². The summed E-state index contributed by atoms with van der Waals surface area (Å²) < 4.78 is 16.3.